The largest absolute Gasteiger partial charge is 0.381 e. The van der Waals surface area contributed by atoms with Gasteiger partial charge in [-0.15, -0.1) is 0 Å². The maximum atomic E-state index is 6.96. The number of fused-ring (bicyclic) bond motifs is 7. The summed E-state index contributed by atoms with van der Waals surface area (Å²) >= 11 is 0. The van der Waals surface area contributed by atoms with E-state index in [0.29, 0.717) is 24.4 Å². The predicted molar refractivity (Wildman–Crippen MR) is 196 cm³/mol. The van der Waals surface area contributed by atoms with E-state index in [1.165, 1.54) is 56.1 Å². The third kappa shape index (κ3) is 5.39. The van der Waals surface area contributed by atoms with E-state index < -0.39 is 0 Å². The molecule has 2 aromatic rings. The van der Waals surface area contributed by atoms with Crippen molar-refractivity contribution in [3.8, 4) is 0 Å². The van der Waals surface area contributed by atoms with Crippen molar-refractivity contribution in [3.05, 3.63) is 83.4 Å². The molecule has 0 saturated heterocycles. The SMILES string of the molecule is CO[C@H]1CC[C@@]2(C)C(CC[C@]3(C)[C@@H]2CC=C2[C@H]4CC(C)(C)C[C@@H](OCc5ccccc5)[C@]4(C)CC[C@]23C)[C@]1(C)COCc1ccccc1. The molecule has 0 radical (unpaired) electrons. The van der Waals surface area contributed by atoms with Crippen LogP contribution in [0.25, 0.3) is 0 Å². The van der Waals surface area contributed by atoms with E-state index in [-0.39, 0.29) is 44.7 Å². The zero-order valence-electron chi connectivity index (χ0n) is 31.4. The van der Waals surface area contributed by atoms with Crippen molar-refractivity contribution in [2.75, 3.05) is 13.7 Å². The molecule has 0 N–H and O–H groups in total. The summed E-state index contributed by atoms with van der Waals surface area (Å²) in [5, 5.41) is 0. The standard InChI is InChI=1S/C45H64O3/c1-40(2)27-35-34-19-20-37-42(4)23-22-38(46-8)43(5,31-47-29-32-15-11-9-12-16-32)36(42)21-24-45(37,7)44(34,6)26-25-41(35,3)39(28-40)48-30-33-17-13-10-14-18-33/h9-19,35-39H,20-31H2,1-8H3/t35-,36?,37-,38+,39-,41-,42+,43+,44-,45-/m1/s1. The Hall–Kier alpha value is -1.94. The topological polar surface area (TPSA) is 27.7 Å². The maximum absolute atomic E-state index is 6.96. The summed E-state index contributed by atoms with van der Waals surface area (Å²) in [5.74, 6) is 1.86. The van der Waals surface area contributed by atoms with Gasteiger partial charge in [-0.05, 0) is 108 Å². The Kier molecular flexibility index (Phi) is 8.90. The van der Waals surface area contributed by atoms with Crippen LogP contribution in [-0.2, 0) is 27.4 Å². The molecule has 2 aromatic carbocycles. The Morgan fingerprint density at radius 3 is 2.00 bits per heavy atom. The third-order valence-electron chi connectivity index (χ3n) is 15.9. The molecule has 0 amide bonds. The Bertz CT molecular complexity index is 1470. The fourth-order valence-electron chi connectivity index (χ4n) is 13.0. The Balaban J connectivity index is 1.17. The molecule has 0 aromatic heterocycles. The quantitative estimate of drug-likeness (QED) is 0.266. The average molecular weight is 653 g/mol. The van der Waals surface area contributed by atoms with Gasteiger partial charge >= 0.3 is 0 Å². The second-order valence-electron chi connectivity index (χ2n) is 19.0. The van der Waals surface area contributed by atoms with Crippen LogP contribution in [0.1, 0.15) is 117 Å². The van der Waals surface area contributed by atoms with Gasteiger partial charge in [-0.2, -0.15) is 0 Å². The predicted octanol–water partition coefficient (Wildman–Crippen LogP) is 11.2. The Labute approximate surface area is 292 Å². The van der Waals surface area contributed by atoms with Crippen molar-refractivity contribution in [2.45, 2.75) is 132 Å². The summed E-state index contributed by atoms with van der Waals surface area (Å²) in [5.41, 5.74) is 5.59. The summed E-state index contributed by atoms with van der Waals surface area (Å²) in [6, 6.07) is 21.5. The summed E-state index contributed by atoms with van der Waals surface area (Å²) < 4.78 is 19.9. The van der Waals surface area contributed by atoms with E-state index in [0.717, 1.165) is 26.1 Å². The monoisotopic (exact) mass is 652 g/mol. The molecule has 5 aliphatic rings. The van der Waals surface area contributed by atoms with Crippen LogP contribution >= 0.6 is 0 Å². The Morgan fingerprint density at radius 2 is 1.33 bits per heavy atom. The minimum atomic E-state index is 0.00456. The number of rotatable bonds is 8. The maximum Gasteiger partial charge on any atom is 0.0720 e. The van der Waals surface area contributed by atoms with Gasteiger partial charge in [0.15, 0.2) is 0 Å². The highest BCUT2D eigenvalue weighted by Crippen LogP contribution is 2.76. The van der Waals surface area contributed by atoms with Gasteiger partial charge in [-0.3, -0.25) is 0 Å². The van der Waals surface area contributed by atoms with Crippen LogP contribution in [0.3, 0.4) is 0 Å². The zero-order valence-corrected chi connectivity index (χ0v) is 31.4. The van der Waals surface area contributed by atoms with E-state index in [1.54, 1.807) is 5.57 Å². The molecular weight excluding hydrogens is 588 g/mol. The molecule has 5 aliphatic carbocycles. The smallest absolute Gasteiger partial charge is 0.0720 e. The highest BCUT2D eigenvalue weighted by Gasteiger charge is 2.69. The molecule has 3 nitrogen and oxygen atoms in total. The number of allylic oxidation sites excluding steroid dienone is 2. The summed E-state index contributed by atoms with van der Waals surface area (Å²) in [7, 11) is 1.94. The molecule has 4 saturated carbocycles. The summed E-state index contributed by atoms with van der Waals surface area (Å²) in [4.78, 5) is 0. The van der Waals surface area contributed by atoms with E-state index in [9.17, 15) is 0 Å². The van der Waals surface area contributed by atoms with Gasteiger partial charge < -0.3 is 14.2 Å². The minimum absolute atomic E-state index is 0.00456. The van der Waals surface area contributed by atoms with Crippen molar-refractivity contribution in [2.24, 2.45) is 50.2 Å². The number of ether oxygens (including phenoxy) is 3. The molecular formula is C45H64O3. The number of hydrogen-bond donors (Lipinski definition) is 0. The lowest BCUT2D eigenvalue weighted by Gasteiger charge is -2.72. The van der Waals surface area contributed by atoms with Gasteiger partial charge in [0.2, 0.25) is 0 Å². The fourth-order valence-corrected chi connectivity index (χ4v) is 13.0. The minimum Gasteiger partial charge on any atom is -0.381 e. The van der Waals surface area contributed by atoms with Crippen LogP contribution in [0.2, 0.25) is 0 Å². The van der Waals surface area contributed by atoms with Crippen LogP contribution in [0.15, 0.2) is 72.3 Å². The molecule has 1 unspecified atom stereocenters. The van der Waals surface area contributed by atoms with E-state index in [2.05, 4.69) is 115 Å². The average Bonchev–Trinajstić information content (AvgIpc) is 3.06. The van der Waals surface area contributed by atoms with Crippen LogP contribution < -0.4 is 0 Å². The van der Waals surface area contributed by atoms with E-state index in [4.69, 9.17) is 14.2 Å². The molecule has 0 aliphatic heterocycles. The lowest BCUT2D eigenvalue weighted by molar-refractivity contribution is -0.228. The summed E-state index contributed by atoms with van der Waals surface area (Å²) in [6.45, 7) is 20.4. The second-order valence-corrected chi connectivity index (χ2v) is 19.0. The van der Waals surface area contributed by atoms with Crippen molar-refractivity contribution < 1.29 is 14.2 Å². The molecule has 10 atom stereocenters. The van der Waals surface area contributed by atoms with E-state index >= 15 is 0 Å². The third-order valence-corrected chi connectivity index (χ3v) is 15.9. The van der Waals surface area contributed by atoms with Crippen molar-refractivity contribution in [3.63, 3.8) is 0 Å². The normalized spacial score (nSPS) is 43.2. The highest BCUT2D eigenvalue weighted by molar-refractivity contribution is 5.34. The first-order valence-electron chi connectivity index (χ1n) is 19.3. The second kappa shape index (κ2) is 12.4. The molecule has 0 heterocycles. The Morgan fingerprint density at radius 1 is 0.667 bits per heavy atom. The van der Waals surface area contributed by atoms with Crippen LogP contribution in [0, 0.1) is 50.2 Å². The van der Waals surface area contributed by atoms with Crippen molar-refractivity contribution in [1.82, 2.24) is 0 Å². The van der Waals surface area contributed by atoms with Gasteiger partial charge in [0.05, 0.1) is 32.0 Å². The molecule has 3 heteroatoms. The van der Waals surface area contributed by atoms with Gasteiger partial charge in [0, 0.05) is 17.9 Å². The number of benzene rings is 2. The molecule has 48 heavy (non-hydrogen) atoms. The molecule has 4 fully saturated rings. The first-order valence-corrected chi connectivity index (χ1v) is 19.3. The van der Waals surface area contributed by atoms with Gasteiger partial charge in [-0.25, -0.2) is 0 Å². The van der Waals surface area contributed by atoms with Crippen LogP contribution in [0.5, 0.6) is 0 Å². The van der Waals surface area contributed by atoms with Gasteiger partial charge in [-0.1, -0.05) is 121 Å². The lowest BCUT2D eigenvalue weighted by Crippen LogP contribution is -2.66. The molecule has 0 bridgehead atoms. The first-order chi connectivity index (χ1) is 22.8. The molecule has 262 valence electrons. The molecule has 0 spiro atoms. The number of methoxy groups -OCH3 is 1. The van der Waals surface area contributed by atoms with Crippen molar-refractivity contribution >= 4 is 0 Å². The molecule has 7 rings (SSSR count). The van der Waals surface area contributed by atoms with E-state index in [1.807, 2.05) is 7.11 Å². The van der Waals surface area contributed by atoms with Gasteiger partial charge in [0.25, 0.3) is 0 Å². The number of hydrogen-bond acceptors (Lipinski definition) is 3. The van der Waals surface area contributed by atoms with Crippen molar-refractivity contribution in [1.29, 1.82) is 0 Å². The highest BCUT2D eigenvalue weighted by atomic mass is 16.5. The first kappa shape index (κ1) is 34.5. The van der Waals surface area contributed by atoms with Gasteiger partial charge in [0.1, 0.15) is 0 Å². The summed E-state index contributed by atoms with van der Waals surface area (Å²) in [6.07, 6.45) is 14.5. The van der Waals surface area contributed by atoms with Crippen LogP contribution in [-0.4, -0.2) is 25.9 Å². The lowest BCUT2D eigenvalue weighted by atomic mass is 9.33. The fraction of sp³-hybridized carbons (Fsp3) is 0.689. The zero-order chi connectivity index (χ0) is 34.0. The van der Waals surface area contributed by atoms with Crippen LogP contribution in [0.4, 0.5) is 0 Å².